The molecule has 0 aliphatic rings. The SMILES string of the molecule is COc1ccc(-c2ccc(=O)n(CCCC(=O)Nc3cccc(C(C)=O)c3)n2)cc1. The lowest BCUT2D eigenvalue weighted by Crippen LogP contribution is -2.23. The summed E-state index contributed by atoms with van der Waals surface area (Å²) in [6.45, 7) is 1.80. The highest BCUT2D eigenvalue weighted by molar-refractivity contribution is 5.97. The summed E-state index contributed by atoms with van der Waals surface area (Å²) in [5.74, 6) is 0.496. The molecule has 7 heteroatoms. The smallest absolute Gasteiger partial charge is 0.266 e. The van der Waals surface area contributed by atoms with Crippen LogP contribution in [0.25, 0.3) is 11.3 Å². The molecule has 0 aliphatic carbocycles. The Morgan fingerprint density at radius 3 is 2.53 bits per heavy atom. The molecule has 154 valence electrons. The van der Waals surface area contributed by atoms with E-state index < -0.39 is 0 Å². The Kier molecular flexibility index (Phi) is 6.75. The molecule has 1 aromatic heterocycles. The first-order chi connectivity index (χ1) is 14.5. The monoisotopic (exact) mass is 405 g/mol. The maximum absolute atomic E-state index is 12.2. The molecule has 0 bridgehead atoms. The number of aromatic nitrogens is 2. The van der Waals surface area contributed by atoms with Crippen molar-refractivity contribution in [3.63, 3.8) is 0 Å². The molecule has 0 saturated heterocycles. The highest BCUT2D eigenvalue weighted by atomic mass is 16.5. The molecule has 3 rings (SSSR count). The maximum atomic E-state index is 12.2. The second-order valence-electron chi connectivity index (χ2n) is 6.80. The molecule has 0 atom stereocenters. The summed E-state index contributed by atoms with van der Waals surface area (Å²) in [5, 5.41) is 7.18. The van der Waals surface area contributed by atoms with Gasteiger partial charge in [0.2, 0.25) is 5.91 Å². The van der Waals surface area contributed by atoms with Crippen LogP contribution in [0.4, 0.5) is 5.69 Å². The van der Waals surface area contributed by atoms with E-state index in [4.69, 9.17) is 4.74 Å². The molecule has 0 unspecified atom stereocenters. The van der Waals surface area contributed by atoms with E-state index in [1.54, 1.807) is 37.4 Å². The number of nitrogens with zero attached hydrogens (tertiary/aromatic N) is 2. The summed E-state index contributed by atoms with van der Waals surface area (Å²) >= 11 is 0. The number of ketones is 1. The Labute approximate surface area is 174 Å². The second kappa shape index (κ2) is 9.65. The number of rotatable bonds is 8. The van der Waals surface area contributed by atoms with Gasteiger partial charge in [-0.3, -0.25) is 14.4 Å². The molecule has 0 spiro atoms. The fourth-order valence-corrected chi connectivity index (χ4v) is 2.95. The zero-order valence-electron chi connectivity index (χ0n) is 16.9. The van der Waals surface area contributed by atoms with Gasteiger partial charge in [0.1, 0.15) is 5.75 Å². The molecular weight excluding hydrogens is 382 g/mol. The Morgan fingerprint density at radius 2 is 1.83 bits per heavy atom. The number of carbonyl (C=O) groups excluding carboxylic acids is 2. The van der Waals surface area contributed by atoms with Gasteiger partial charge >= 0.3 is 0 Å². The zero-order chi connectivity index (χ0) is 21.5. The fourth-order valence-electron chi connectivity index (χ4n) is 2.95. The van der Waals surface area contributed by atoms with Gasteiger partial charge in [0.25, 0.3) is 5.56 Å². The van der Waals surface area contributed by atoms with Crippen molar-refractivity contribution in [1.29, 1.82) is 0 Å². The lowest BCUT2D eigenvalue weighted by atomic mass is 10.1. The number of hydrogen-bond donors (Lipinski definition) is 1. The minimum Gasteiger partial charge on any atom is -0.497 e. The first kappa shape index (κ1) is 21.0. The van der Waals surface area contributed by atoms with E-state index in [0.717, 1.165) is 11.3 Å². The first-order valence-electron chi connectivity index (χ1n) is 9.60. The number of anilines is 1. The second-order valence-corrected chi connectivity index (χ2v) is 6.80. The summed E-state index contributed by atoms with van der Waals surface area (Å²) in [5.41, 5.74) is 2.43. The van der Waals surface area contributed by atoms with Crippen LogP contribution in [0.2, 0.25) is 0 Å². The number of nitrogens with one attached hydrogen (secondary N) is 1. The molecule has 0 aliphatic heterocycles. The highest BCUT2D eigenvalue weighted by Gasteiger charge is 2.07. The van der Waals surface area contributed by atoms with Crippen molar-refractivity contribution in [1.82, 2.24) is 9.78 Å². The Balaban J connectivity index is 1.60. The molecule has 7 nitrogen and oxygen atoms in total. The average molecular weight is 405 g/mol. The number of methoxy groups -OCH3 is 1. The third-order valence-electron chi connectivity index (χ3n) is 4.58. The number of amides is 1. The summed E-state index contributed by atoms with van der Waals surface area (Å²) in [4.78, 5) is 35.8. The lowest BCUT2D eigenvalue weighted by molar-refractivity contribution is -0.116. The summed E-state index contributed by atoms with van der Waals surface area (Å²) < 4.78 is 6.52. The van der Waals surface area contributed by atoms with Crippen molar-refractivity contribution in [2.75, 3.05) is 12.4 Å². The van der Waals surface area contributed by atoms with E-state index in [1.807, 2.05) is 24.3 Å². The molecule has 3 aromatic rings. The molecule has 0 saturated carbocycles. The predicted molar refractivity (Wildman–Crippen MR) is 115 cm³/mol. The number of aryl methyl sites for hydroxylation is 1. The Hall–Kier alpha value is -3.74. The summed E-state index contributed by atoms with van der Waals surface area (Å²) in [6, 6.07) is 17.4. The van der Waals surface area contributed by atoms with Crippen LogP contribution >= 0.6 is 0 Å². The van der Waals surface area contributed by atoms with Crippen molar-refractivity contribution in [3.05, 3.63) is 76.6 Å². The molecular formula is C23H23N3O4. The van der Waals surface area contributed by atoms with Gasteiger partial charge in [-0.25, -0.2) is 4.68 Å². The van der Waals surface area contributed by atoms with Crippen molar-refractivity contribution in [2.45, 2.75) is 26.3 Å². The number of carbonyl (C=O) groups is 2. The normalized spacial score (nSPS) is 10.5. The van der Waals surface area contributed by atoms with Crippen molar-refractivity contribution < 1.29 is 14.3 Å². The molecule has 30 heavy (non-hydrogen) atoms. The summed E-state index contributed by atoms with van der Waals surface area (Å²) in [7, 11) is 1.60. The topological polar surface area (TPSA) is 90.3 Å². The van der Waals surface area contributed by atoms with Gasteiger partial charge in [-0.05, 0) is 55.8 Å². The van der Waals surface area contributed by atoms with Gasteiger partial charge in [-0.2, -0.15) is 5.10 Å². The highest BCUT2D eigenvalue weighted by Crippen LogP contribution is 2.19. The van der Waals surface area contributed by atoms with E-state index >= 15 is 0 Å². The number of benzene rings is 2. The van der Waals surface area contributed by atoms with E-state index in [9.17, 15) is 14.4 Å². The quantitative estimate of drug-likeness (QED) is 0.579. The van der Waals surface area contributed by atoms with E-state index in [0.29, 0.717) is 29.9 Å². The summed E-state index contributed by atoms with van der Waals surface area (Å²) in [6.07, 6.45) is 0.683. The van der Waals surface area contributed by atoms with Crippen LogP contribution in [0.3, 0.4) is 0 Å². The van der Waals surface area contributed by atoms with Crippen LogP contribution in [-0.4, -0.2) is 28.6 Å². The van der Waals surface area contributed by atoms with Crippen molar-refractivity contribution in [3.8, 4) is 17.0 Å². The van der Waals surface area contributed by atoms with Gasteiger partial charge in [-0.15, -0.1) is 0 Å². The minimum absolute atomic E-state index is 0.0618. The first-order valence-corrected chi connectivity index (χ1v) is 9.60. The Bertz CT molecular complexity index is 1100. The predicted octanol–water partition coefficient (Wildman–Crippen LogP) is 3.54. The maximum Gasteiger partial charge on any atom is 0.266 e. The van der Waals surface area contributed by atoms with Gasteiger partial charge in [-0.1, -0.05) is 12.1 Å². The van der Waals surface area contributed by atoms with Gasteiger partial charge in [0, 0.05) is 35.8 Å². The third-order valence-corrected chi connectivity index (χ3v) is 4.58. The molecule has 1 N–H and O–H groups in total. The standard InChI is InChI=1S/C23H23N3O4/c1-16(27)18-5-3-6-19(15-18)24-22(28)7-4-14-26-23(29)13-12-21(25-26)17-8-10-20(30-2)11-9-17/h3,5-6,8-13,15H,4,7,14H2,1-2H3,(H,24,28). The van der Waals surface area contributed by atoms with E-state index in [1.165, 1.54) is 17.7 Å². The number of Topliss-reactive ketones (excluding diaryl/α,β-unsaturated/α-hetero) is 1. The number of hydrogen-bond acceptors (Lipinski definition) is 5. The fraction of sp³-hybridized carbons (Fsp3) is 0.217. The minimum atomic E-state index is -0.221. The molecule has 0 radical (unpaired) electrons. The zero-order valence-corrected chi connectivity index (χ0v) is 16.9. The number of ether oxygens (including phenoxy) is 1. The van der Waals surface area contributed by atoms with E-state index in [-0.39, 0.29) is 23.7 Å². The van der Waals surface area contributed by atoms with Crippen LogP contribution in [0.5, 0.6) is 5.75 Å². The van der Waals surface area contributed by atoms with E-state index in [2.05, 4.69) is 10.4 Å². The van der Waals surface area contributed by atoms with Gasteiger partial charge in [0.05, 0.1) is 12.8 Å². The largest absolute Gasteiger partial charge is 0.497 e. The van der Waals surface area contributed by atoms with Crippen LogP contribution in [-0.2, 0) is 11.3 Å². The molecule has 0 fully saturated rings. The molecule has 1 heterocycles. The Morgan fingerprint density at radius 1 is 1.07 bits per heavy atom. The third kappa shape index (κ3) is 5.41. The van der Waals surface area contributed by atoms with Crippen LogP contribution in [0.1, 0.15) is 30.1 Å². The average Bonchev–Trinajstić information content (AvgIpc) is 2.75. The lowest BCUT2D eigenvalue weighted by Gasteiger charge is -2.09. The van der Waals surface area contributed by atoms with Crippen LogP contribution in [0, 0.1) is 0 Å². The van der Waals surface area contributed by atoms with Crippen LogP contribution < -0.4 is 15.6 Å². The van der Waals surface area contributed by atoms with Gasteiger partial charge in [0.15, 0.2) is 5.78 Å². The van der Waals surface area contributed by atoms with Gasteiger partial charge < -0.3 is 10.1 Å². The van der Waals surface area contributed by atoms with Crippen molar-refractivity contribution >= 4 is 17.4 Å². The van der Waals surface area contributed by atoms with Crippen molar-refractivity contribution in [2.24, 2.45) is 0 Å². The molecule has 1 amide bonds. The molecule has 2 aromatic carbocycles. The van der Waals surface area contributed by atoms with Crippen LogP contribution in [0.15, 0.2) is 65.5 Å².